The second-order valence-corrected chi connectivity index (χ2v) is 4.86. The normalized spacial score (nSPS) is 10.5. The van der Waals surface area contributed by atoms with Crippen molar-refractivity contribution < 1.29 is 29.2 Å². The Balaban J connectivity index is 1.43. The number of ether oxygens (including phenoxy) is 4. The summed E-state index contributed by atoms with van der Waals surface area (Å²) in [5, 5.41) is 19.0. The molecular weight excluding hydrogens is 312 g/mol. The lowest BCUT2D eigenvalue weighted by Crippen LogP contribution is -2.13. The summed E-state index contributed by atoms with van der Waals surface area (Å²) in [7, 11) is 0. The van der Waals surface area contributed by atoms with Gasteiger partial charge in [-0.15, -0.1) is 0 Å². The van der Waals surface area contributed by atoms with Crippen LogP contribution in [-0.4, -0.2) is 49.9 Å². The summed E-state index contributed by atoms with van der Waals surface area (Å²) in [6.45, 7) is 2.42. The van der Waals surface area contributed by atoms with Crippen LogP contribution in [0.5, 0.6) is 23.0 Å². The van der Waals surface area contributed by atoms with Crippen molar-refractivity contribution in [3.8, 4) is 23.0 Å². The fourth-order valence-electron chi connectivity index (χ4n) is 1.90. The number of hydrogen-bond donors (Lipinski definition) is 2. The molecule has 130 valence electrons. The third-order valence-corrected chi connectivity index (χ3v) is 3.07. The Bertz CT molecular complexity index is 548. The van der Waals surface area contributed by atoms with E-state index >= 15 is 0 Å². The first kappa shape index (κ1) is 17.9. The molecule has 2 aromatic rings. The summed E-state index contributed by atoms with van der Waals surface area (Å²) < 4.78 is 21.5. The molecule has 0 unspecified atom stereocenters. The molecule has 6 nitrogen and oxygen atoms in total. The van der Waals surface area contributed by atoms with Gasteiger partial charge in [-0.1, -0.05) is 24.3 Å². The Morgan fingerprint density at radius 3 is 1.33 bits per heavy atom. The number of hydrogen-bond acceptors (Lipinski definition) is 6. The first-order chi connectivity index (χ1) is 11.8. The standard InChI is InChI=1S/C18H22O6/c19-15-5-1-3-7-17(15)23-13-11-21-9-10-22-12-14-24-18-8-4-2-6-16(18)20/h1-8,19-20H,9-14H2. The SMILES string of the molecule is Oc1ccccc1OCCOCCOCCOc1ccccc1O. The fourth-order valence-corrected chi connectivity index (χ4v) is 1.90. The lowest BCUT2D eigenvalue weighted by Gasteiger charge is -2.09. The summed E-state index contributed by atoms with van der Waals surface area (Å²) in [6.07, 6.45) is 0. The van der Waals surface area contributed by atoms with Crippen molar-refractivity contribution in [3.63, 3.8) is 0 Å². The molecule has 0 radical (unpaired) electrons. The van der Waals surface area contributed by atoms with Gasteiger partial charge < -0.3 is 29.2 Å². The monoisotopic (exact) mass is 334 g/mol. The largest absolute Gasteiger partial charge is 0.504 e. The van der Waals surface area contributed by atoms with Gasteiger partial charge in [-0.2, -0.15) is 0 Å². The zero-order valence-electron chi connectivity index (χ0n) is 13.4. The van der Waals surface area contributed by atoms with E-state index in [4.69, 9.17) is 18.9 Å². The molecule has 0 saturated carbocycles. The van der Waals surface area contributed by atoms with Gasteiger partial charge in [0.2, 0.25) is 0 Å². The van der Waals surface area contributed by atoms with Crippen LogP contribution in [0, 0.1) is 0 Å². The van der Waals surface area contributed by atoms with Crippen LogP contribution in [0.1, 0.15) is 0 Å². The molecule has 0 saturated heterocycles. The molecular formula is C18H22O6. The van der Waals surface area contributed by atoms with E-state index in [9.17, 15) is 10.2 Å². The van der Waals surface area contributed by atoms with Crippen LogP contribution in [0.4, 0.5) is 0 Å². The molecule has 0 fully saturated rings. The van der Waals surface area contributed by atoms with Gasteiger partial charge in [0.1, 0.15) is 13.2 Å². The van der Waals surface area contributed by atoms with E-state index < -0.39 is 0 Å². The lowest BCUT2D eigenvalue weighted by atomic mass is 10.3. The minimum Gasteiger partial charge on any atom is -0.504 e. The predicted octanol–water partition coefficient (Wildman–Crippen LogP) is 2.59. The van der Waals surface area contributed by atoms with E-state index in [0.29, 0.717) is 51.1 Å². The minimum atomic E-state index is 0.116. The molecule has 0 aliphatic rings. The molecule has 0 aliphatic carbocycles. The second-order valence-electron chi connectivity index (χ2n) is 4.86. The van der Waals surface area contributed by atoms with Gasteiger partial charge in [0.25, 0.3) is 0 Å². The summed E-state index contributed by atoms with van der Waals surface area (Å²) in [5.41, 5.74) is 0. The topological polar surface area (TPSA) is 77.4 Å². The van der Waals surface area contributed by atoms with Crippen LogP contribution in [0.15, 0.2) is 48.5 Å². The van der Waals surface area contributed by atoms with Crippen LogP contribution in [0.2, 0.25) is 0 Å². The van der Waals surface area contributed by atoms with Gasteiger partial charge in [-0.05, 0) is 24.3 Å². The van der Waals surface area contributed by atoms with Gasteiger partial charge in [0, 0.05) is 0 Å². The van der Waals surface area contributed by atoms with E-state index in [-0.39, 0.29) is 11.5 Å². The van der Waals surface area contributed by atoms with Gasteiger partial charge >= 0.3 is 0 Å². The van der Waals surface area contributed by atoms with Crippen LogP contribution in [0.25, 0.3) is 0 Å². The number of phenolic OH excluding ortho intramolecular Hbond substituents is 2. The molecule has 2 N–H and O–H groups in total. The highest BCUT2D eigenvalue weighted by Gasteiger charge is 2.01. The Morgan fingerprint density at radius 2 is 0.917 bits per heavy atom. The van der Waals surface area contributed by atoms with E-state index in [1.165, 1.54) is 0 Å². The maximum Gasteiger partial charge on any atom is 0.161 e. The van der Waals surface area contributed by atoms with Gasteiger partial charge in [-0.25, -0.2) is 0 Å². The van der Waals surface area contributed by atoms with Crippen molar-refractivity contribution in [2.75, 3.05) is 39.6 Å². The average molecular weight is 334 g/mol. The van der Waals surface area contributed by atoms with E-state index in [1.807, 2.05) is 0 Å². The van der Waals surface area contributed by atoms with Gasteiger partial charge in [-0.3, -0.25) is 0 Å². The Morgan fingerprint density at radius 1 is 0.542 bits per heavy atom. The van der Waals surface area contributed by atoms with Crippen molar-refractivity contribution in [2.45, 2.75) is 0 Å². The zero-order chi connectivity index (χ0) is 17.0. The summed E-state index contributed by atoms with van der Waals surface area (Å²) >= 11 is 0. The number of aromatic hydroxyl groups is 2. The van der Waals surface area contributed by atoms with E-state index in [0.717, 1.165) is 0 Å². The smallest absolute Gasteiger partial charge is 0.161 e. The third-order valence-electron chi connectivity index (χ3n) is 3.07. The third kappa shape index (κ3) is 6.36. The second kappa shape index (κ2) is 10.4. The maximum absolute atomic E-state index is 9.52. The summed E-state index contributed by atoms with van der Waals surface area (Å²) in [6, 6.07) is 13.6. The predicted molar refractivity (Wildman–Crippen MR) is 88.8 cm³/mol. The molecule has 0 amide bonds. The number of para-hydroxylation sites is 4. The van der Waals surface area contributed by atoms with Crippen molar-refractivity contribution in [3.05, 3.63) is 48.5 Å². The molecule has 0 aliphatic heterocycles. The lowest BCUT2D eigenvalue weighted by molar-refractivity contribution is 0.0269. The van der Waals surface area contributed by atoms with Crippen molar-refractivity contribution in [2.24, 2.45) is 0 Å². The molecule has 2 aromatic carbocycles. The van der Waals surface area contributed by atoms with Crippen LogP contribution < -0.4 is 9.47 Å². The van der Waals surface area contributed by atoms with Crippen molar-refractivity contribution in [1.29, 1.82) is 0 Å². The molecule has 24 heavy (non-hydrogen) atoms. The first-order valence-corrected chi connectivity index (χ1v) is 7.74. The van der Waals surface area contributed by atoms with Crippen molar-refractivity contribution >= 4 is 0 Å². The molecule has 0 bridgehead atoms. The molecule has 0 atom stereocenters. The first-order valence-electron chi connectivity index (χ1n) is 7.74. The van der Waals surface area contributed by atoms with Crippen LogP contribution >= 0.6 is 0 Å². The molecule has 6 heteroatoms. The average Bonchev–Trinajstić information content (AvgIpc) is 2.59. The zero-order valence-corrected chi connectivity index (χ0v) is 13.4. The Kier molecular flexibility index (Phi) is 7.73. The number of rotatable bonds is 11. The van der Waals surface area contributed by atoms with Crippen LogP contribution in [0.3, 0.4) is 0 Å². The quantitative estimate of drug-likeness (QED) is 0.615. The summed E-state index contributed by atoms with van der Waals surface area (Å²) in [5.74, 6) is 1.12. The fraction of sp³-hybridized carbons (Fsp3) is 0.333. The molecule has 2 rings (SSSR count). The highest BCUT2D eigenvalue weighted by atomic mass is 16.6. The van der Waals surface area contributed by atoms with Crippen molar-refractivity contribution in [1.82, 2.24) is 0 Å². The van der Waals surface area contributed by atoms with E-state index in [1.54, 1.807) is 48.5 Å². The Labute approximate surface area is 141 Å². The maximum atomic E-state index is 9.52. The van der Waals surface area contributed by atoms with E-state index in [2.05, 4.69) is 0 Å². The van der Waals surface area contributed by atoms with Gasteiger partial charge in [0.05, 0.1) is 26.4 Å². The molecule has 0 aromatic heterocycles. The highest BCUT2D eigenvalue weighted by Crippen LogP contribution is 2.24. The number of phenols is 2. The Hall–Kier alpha value is -2.44. The number of benzene rings is 2. The minimum absolute atomic E-state index is 0.116. The highest BCUT2D eigenvalue weighted by molar-refractivity contribution is 5.38. The molecule has 0 heterocycles. The van der Waals surface area contributed by atoms with Gasteiger partial charge in [0.15, 0.2) is 23.0 Å². The molecule has 0 spiro atoms. The van der Waals surface area contributed by atoms with Crippen LogP contribution in [-0.2, 0) is 9.47 Å². The summed E-state index contributed by atoms with van der Waals surface area (Å²) in [4.78, 5) is 0.